The molecule has 3 aliphatic carbocycles. The molecule has 32 heavy (non-hydrogen) atoms. The first-order valence-corrected chi connectivity index (χ1v) is 14.0. The molecule has 2 nitrogen and oxygen atoms in total. The number of hydrogen-bond acceptors (Lipinski definition) is 2. The van der Waals surface area contributed by atoms with Crippen molar-refractivity contribution in [3.63, 3.8) is 0 Å². The van der Waals surface area contributed by atoms with Crippen LogP contribution in [0.2, 0.25) is 0 Å². The Morgan fingerprint density at radius 2 is 1.44 bits per heavy atom. The van der Waals surface area contributed by atoms with Crippen LogP contribution in [0.3, 0.4) is 0 Å². The van der Waals surface area contributed by atoms with Gasteiger partial charge in [-0.15, -0.1) is 0 Å². The molecule has 3 rings (SSSR count). The molecule has 0 amide bonds. The quantitative estimate of drug-likeness (QED) is 0.335. The molecule has 3 fully saturated rings. The van der Waals surface area contributed by atoms with E-state index in [4.69, 9.17) is 9.84 Å². The topological polar surface area (TPSA) is 29.5 Å². The molecule has 188 valence electrons. The highest BCUT2D eigenvalue weighted by atomic mass is 19.3. The van der Waals surface area contributed by atoms with Gasteiger partial charge in [-0.2, -0.15) is 8.78 Å². The van der Waals surface area contributed by atoms with Gasteiger partial charge in [-0.25, -0.2) is 0 Å². The highest BCUT2D eigenvalue weighted by Gasteiger charge is 2.46. The van der Waals surface area contributed by atoms with Crippen LogP contribution >= 0.6 is 0 Å². The van der Waals surface area contributed by atoms with E-state index in [9.17, 15) is 8.78 Å². The second kappa shape index (κ2) is 12.5. The normalized spacial score (nSPS) is 39.2. The summed E-state index contributed by atoms with van der Waals surface area (Å²) in [5, 5.41) is 9.08. The van der Waals surface area contributed by atoms with E-state index >= 15 is 0 Å². The van der Waals surface area contributed by atoms with Crippen LogP contribution in [0.15, 0.2) is 0 Å². The Hall–Kier alpha value is -0.220. The lowest BCUT2D eigenvalue weighted by Gasteiger charge is -2.47. The first-order valence-electron chi connectivity index (χ1n) is 14.0. The van der Waals surface area contributed by atoms with E-state index in [1.54, 1.807) is 0 Å². The summed E-state index contributed by atoms with van der Waals surface area (Å²) in [6.45, 7) is 7.08. The molecule has 1 N–H and O–H groups in total. The van der Waals surface area contributed by atoms with Gasteiger partial charge in [0, 0.05) is 6.61 Å². The van der Waals surface area contributed by atoms with E-state index in [0.717, 1.165) is 69.1 Å². The van der Waals surface area contributed by atoms with Gasteiger partial charge in [-0.3, -0.25) is 0 Å². The fraction of sp³-hybridized carbons (Fsp3) is 1.00. The lowest BCUT2D eigenvalue weighted by molar-refractivity contribution is -0.304. The lowest BCUT2D eigenvalue weighted by Crippen LogP contribution is -2.43. The second-order valence-electron chi connectivity index (χ2n) is 11.6. The second-order valence-corrected chi connectivity index (χ2v) is 11.6. The van der Waals surface area contributed by atoms with Crippen LogP contribution in [0.1, 0.15) is 117 Å². The van der Waals surface area contributed by atoms with Crippen LogP contribution in [0, 0.1) is 41.4 Å². The van der Waals surface area contributed by atoms with Crippen molar-refractivity contribution in [1.29, 1.82) is 0 Å². The fourth-order valence-corrected chi connectivity index (χ4v) is 7.52. The zero-order chi connectivity index (χ0) is 23.1. The van der Waals surface area contributed by atoms with Gasteiger partial charge in [0.1, 0.15) is 0 Å². The van der Waals surface area contributed by atoms with Gasteiger partial charge in [-0.1, -0.05) is 65.7 Å². The Balaban J connectivity index is 1.53. The predicted molar refractivity (Wildman–Crippen MR) is 128 cm³/mol. The van der Waals surface area contributed by atoms with Gasteiger partial charge in [0.2, 0.25) is 0 Å². The molecule has 3 aliphatic rings. The summed E-state index contributed by atoms with van der Waals surface area (Å²) in [6, 6.07) is 0. The zero-order valence-electron chi connectivity index (χ0n) is 21.0. The van der Waals surface area contributed by atoms with E-state index in [2.05, 4.69) is 20.8 Å². The summed E-state index contributed by atoms with van der Waals surface area (Å²) in [5.74, 6) is 3.58. The molecule has 0 aromatic heterocycles. The molecule has 0 bridgehead atoms. The van der Waals surface area contributed by atoms with Gasteiger partial charge in [0.05, 0.1) is 12.0 Å². The molecule has 0 saturated heterocycles. The first-order chi connectivity index (χ1) is 15.4. The largest absolute Gasteiger partial charge is 0.396 e. The molecular weight excluding hydrogens is 406 g/mol. The standard InChI is InChI=1S/C28H50F2O2/c1-4-22-18-21(8-6-7-17-31)11-15-26(22)27-16-14-25(19-23(27)5-2)32-28(29,30)24-12-9-20(3)10-13-24/h20-27,31H,4-19H2,1-3H3. The minimum absolute atomic E-state index is 0.263. The summed E-state index contributed by atoms with van der Waals surface area (Å²) < 4.78 is 35.5. The average Bonchev–Trinajstić information content (AvgIpc) is 2.79. The molecule has 0 aliphatic heterocycles. The van der Waals surface area contributed by atoms with Crippen molar-refractivity contribution < 1.29 is 18.6 Å². The summed E-state index contributed by atoms with van der Waals surface area (Å²) in [4.78, 5) is 0. The van der Waals surface area contributed by atoms with Crippen LogP contribution in [-0.4, -0.2) is 23.9 Å². The predicted octanol–water partition coefficient (Wildman–Crippen LogP) is 8.22. The van der Waals surface area contributed by atoms with Crippen molar-refractivity contribution in [3.05, 3.63) is 0 Å². The minimum atomic E-state index is -2.95. The SMILES string of the molecule is CCC1CC(CCCCO)CCC1C1CCC(OC(F)(F)C2CCC(C)CC2)CC1CC. The van der Waals surface area contributed by atoms with Crippen LogP contribution in [-0.2, 0) is 4.74 Å². The maximum absolute atomic E-state index is 15.0. The molecule has 0 heterocycles. The molecule has 0 spiro atoms. The number of alkyl halides is 2. The van der Waals surface area contributed by atoms with Crippen molar-refractivity contribution in [2.45, 2.75) is 129 Å². The highest BCUT2D eigenvalue weighted by Crippen LogP contribution is 2.50. The van der Waals surface area contributed by atoms with E-state index in [1.807, 2.05) is 0 Å². The lowest BCUT2D eigenvalue weighted by atomic mass is 9.60. The molecule has 0 aromatic rings. The molecule has 6 atom stereocenters. The fourth-order valence-electron chi connectivity index (χ4n) is 7.52. The Bertz CT molecular complexity index is 532. The molecule has 0 radical (unpaired) electrons. The number of unbranched alkanes of at least 4 members (excludes halogenated alkanes) is 1. The Labute approximate surface area is 196 Å². The smallest absolute Gasteiger partial charge is 0.358 e. The molecule has 6 unspecified atom stereocenters. The number of ether oxygens (including phenoxy) is 1. The van der Waals surface area contributed by atoms with Crippen molar-refractivity contribution in [2.75, 3.05) is 6.61 Å². The zero-order valence-corrected chi connectivity index (χ0v) is 21.0. The third kappa shape index (κ3) is 6.90. The average molecular weight is 457 g/mol. The molecule has 4 heteroatoms. The van der Waals surface area contributed by atoms with E-state index in [-0.39, 0.29) is 6.10 Å². The van der Waals surface area contributed by atoms with Crippen molar-refractivity contribution in [1.82, 2.24) is 0 Å². The number of hydrogen-bond donors (Lipinski definition) is 1. The monoisotopic (exact) mass is 456 g/mol. The highest BCUT2D eigenvalue weighted by molar-refractivity contribution is 4.91. The Morgan fingerprint density at radius 1 is 0.812 bits per heavy atom. The van der Waals surface area contributed by atoms with Crippen LogP contribution in [0.5, 0.6) is 0 Å². The van der Waals surface area contributed by atoms with Crippen LogP contribution in [0.4, 0.5) is 8.78 Å². The van der Waals surface area contributed by atoms with Crippen molar-refractivity contribution in [3.8, 4) is 0 Å². The van der Waals surface area contributed by atoms with Crippen molar-refractivity contribution >= 4 is 0 Å². The van der Waals surface area contributed by atoms with Crippen LogP contribution in [0.25, 0.3) is 0 Å². The third-order valence-corrected chi connectivity index (χ3v) is 9.58. The van der Waals surface area contributed by atoms with E-state index in [0.29, 0.717) is 37.2 Å². The summed E-state index contributed by atoms with van der Waals surface area (Å²) >= 11 is 0. The maximum atomic E-state index is 15.0. The third-order valence-electron chi connectivity index (χ3n) is 9.58. The maximum Gasteiger partial charge on any atom is 0.358 e. The van der Waals surface area contributed by atoms with Gasteiger partial charge >= 0.3 is 6.11 Å². The van der Waals surface area contributed by atoms with E-state index in [1.165, 1.54) is 32.1 Å². The summed E-state index contributed by atoms with van der Waals surface area (Å²) in [7, 11) is 0. The molecule has 0 aromatic carbocycles. The molecular formula is C28H50F2O2. The number of rotatable bonds is 10. The summed E-state index contributed by atoms with van der Waals surface area (Å²) in [6.07, 6.45) is 12.2. The number of aliphatic hydroxyl groups excluding tert-OH is 1. The Kier molecular flexibility index (Phi) is 10.3. The van der Waals surface area contributed by atoms with Crippen LogP contribution < -0.4 is 0 Å². The van der Waals surface area contributed by atoms with E-state index < -0.39 is 12.0 Å². The van der Waals surface area contributed by atoms with Gasteiger partial charge in [0.25, 0.3) is 0 Å². The van der Waals surface area contributed by atoms with Crippen molar-refractivity contribution in [2.24, 2.45) is 41.4 Å². The Morgan fingerprint density at radius 3 is 2.06 bits per heavy atom. The van der Waals surface area contributed by atoms with Gasteiger partial charge < -0.3 is 9.84 Å². The minimum Gasteiger partial charge on any atom is -0.396 e. The first kappa shape index (κ1) is 26.4. The summed E-state index contributed by atoms with van der Waals surface area (Å²) in [5.41, 5.74) is 0. The van der Waals surface area contributed by atoms with Gasteiger partial charge in [-0.05, 0) is 86.9 Å². The number of aliphatic hydroxyl groups is 1. The van der Waals surface area contributed by atoms with Gasteiger partial charge in [0.15, 0.2) is 0 Å². The molecule has 3 saturated carbocycles. The number of halogens is 2.